The molecular formula is C11H14O4. The molecule has 82 valence electrons. The van der Waals surface area contributed by atoms with E-state index in [-0.39, 0.29) is 29.3 Å². The van der Waals surface area contributed by atoms with Gasteiger partial charge in [-0.2, -0.15) is 0 Å². The summed E-state index contributed by atoms with van der Waals surface area (Å²) in [4.78, 5) is 10.5. The number of allylic oxidation sites excluding steroid dienone is 1. The van der Waals surface area contributed by atoms with Crippen LogP contribution >= 0.6 is 0 Å². The normalized spacial score (nSPS) is 51.7. The van der Waals surface area contributed by atoms with Crippen molar-refractivity contribution >= 4 is 5.97 Å². The van der Waals surface area contributed by atoms with Crippen molar-refractivity contribution in [1.82, 2.24) is 0 Å². The van der Waals surface area contributed by atoms with Gasteiger partial charge in [-0.1, -0.05) is 6.92 Å². The highest BCUT2D eigenvalue weighted by molar-refractivity contribution is 5.80. The summed E-state index contributed by atoms with van der Waals surface area (Å²) in [6, 6.07) is 0. The number of carboxylic acids is 1. The molecule has 2 saturated carbocycles. The summed E-state index contributed by atoms with van der Waals surface area (Å²) in [6.07, 6.45) is 3.30. The molecule has 0 aromatic heterocycles. The van der Waals surface area contributed by atoms with Crippen molar-refractivity contribution in [3.63, 3.8) is 0 Å². The van der Waals surface area contributed by atoms with Crippen LogP contribution in [0.1, 0.15) is 19.8 Å². The van der Waals surface area contributed by atoms with Crippen molar-refractivity contribution in [3.05, 3.63) is 11.8 Å². The second-order valence-electron chi connectivity index (χ2n) is 4.93. The molecule has 0 aromatic rings. The Balaban J connectivity index is 1.86. The van der Waals surface area contributed by atoms with Gasteiger partial charge < -0.3 is 14.9 Å². The van der Waals surface area contributed by atoms with E-state index in [2.05, 4.69) is 0 Å². The fraction of sp³-hybridized carbons (Fsp3) is 0.727. The monoisotopic (exact) mass is 210 g/mol. The van der Waals surface area contributed by atoms with Crippen molar-refractivity contribution < 1.29 is 19.7 Å². The smallest absolute Gasteiger partial charge is 0.331 e. The fourth-order valence-corrected chi connectivity index (χ4v) is 3.59. The zero-order valence-electron chi connectivity index (χ0n) is 8.51. The van der Waals surface area contributed by atoms with Crippen molar-refractivity contribution in [2.24, 2.45) is 17.8 Å². The van der Waals surface area contributed by atoms with Crippen LogP contribution in [0.5, 0.6) is 0 Å². The van der Waals surface area contributed by atoms with E-state index in [1.807, 2.05) is 6.92 Å². The van der Waals surface area contributed by atoms with Crippen LogP contribution < -0.4 is 0 Å². The maximum Gasteiger partial charge on any atom is 0.331 e. The number of carboxylic acid groups (broad SMARTS) is 1. The van der Waals surface area contributed by atoms with Crippen LogP contribution in [0.3, 0.4) is 0 Å². The van der Waals surface area contributed by atoms with Gasteiger partial charge in [0, 0.05) is 11.8 Å². The Morgan fingerprint density at radius 1 is 1.53 bits per heavy atom. The van der Waals surface area contributed by atoms with Gasteiger partial charge in [-0.3, -0.25) is 0 Å². The lowest BCUT2D eigenvalue weighted by molar-refractivity contribution is -0.131. The minimum atomic E-state index is -1.07. The maximum atomic E-state index is 10.5. The largest absolute Gasteiger partial charge is 0.512 e. The Morgan fingerprint density at radius 2 is 2.27 bits per heavy atom. The lowest BCUT2D eigenvalue weighted by Crippen LogP contribution is -2.37. The van der Waals surface area contributed by atoms with Gasteiger partial charge in [-0.05, 0) is 18.8 Å². The minimum absolute atomic E-state index is 0.00593. The molecule has 3 fully saturated rings. The third kappa shape index (κ3) is 0.977. The van der Waals surface area contributed by atoms with E-state index in [9.17, 15) is 9.90 Å². The standard InChI is InChI=1S/C11H14O4/c1-5-9(7(12)4-8(13)14)6-2-3-11(6)10(5)15-11/h4-6,9-10,12H,2-3H2,1H3,(H,13,14)/b7-4-. The first-order valence-corrected chi connectivity index (χ1v) is 5.37. The van der Waals surface area contributed by atoms with Crippen molar-refractivity contribution in [2.45, 2.75) is 31.5 Å². The molecule has 3 rings (SSSR count). The summed E-state index contributed by atoms with van der Waals surface area (Å²) in [5.41, 5.74) is 0.0183. The summed E-state index contributed by atoms with van der Waals surface area (Å²) in [6.45, 7) is 2.04. The van der Waals surface area contributed by atoms with Crippen LogP contribution in [-0.2, 0) is 9.53 Å². The highest BCUT2D eigenvalue weighted by Gasteiger charge is 2.76. The second-order valence-corrected chi connectivity index (χ2v) is 4.93. The lowest BCUT2D eigenvalue weighted by atomic mass is 9.70. The molecule has 4 heteroatoms. The van der Waals surface area contributed by atoms with Gasteiger partial charge in [0.15, 0.2) is 0 Å². The predicted molar refractivity (Wildman–Crippen MR) is 51.3 cm³/mol. The third-order valence-corrected chi connectivity index (χ3v) is 4.33. The van der Waals surface area contributed by atoms with Crippen molar-refractivity contribution in [1.29, 1.82) is 0 Å². The van der Waals surface area contributed by atoms with E-state index in [0.29, 0.717) is 5.92 Å². The third-order valence-electron chi connectivity index (χ3n) is 4.33. The van der Waals surface area contributed by atoms with Crippen LogP contribution in [-0.4, -0.2) is 27.9 Å². The average molecular weight is 210 g/mol. The van der Waals surface area contributed by atoms with E-state index in [4.69, 9.17) is 9.84 Å². The molecule has 0 bridgehead atoms. The summed E-state index contributed by atoms with van der Waals surface area (Å²) in [7, 11) is 0. The van der Waals surface area contributed by atoms with E-state index >= 15 is 0 Å². The fourth-order valence-electron chi connectivity index (χ4n) is 3.59. The first kappa shape index (κ1) is 9.21. The number of hydrogen-bond donors (Lipinski definition) is 2. The minimum Gasteiger partial charge on any atom is -0.512 e. The zero-order valence-corrected chi connectivity index (χ0v) is 8.51. The van der Waals surface area contributed by atoms with Gasteiger partial charge in [-0.15, -0.1) is 0 Å². The van der Waals surface area contributed by atoms with E-state index < -0.39 is 5.97 Å². The van der Waals surface area contributed by atoms with Gasteiger partial charge in [0.2, 0.25) is 0 Å². The van der Waals surface area contributed by atoms with Gasteiger partial charge in [0.1, 0.15) is 5.76 Å². The Morgan fingerprint density at radius 3 is 2.73 bits per heavy atom. The van der Waals surface area contributed by atoms with Crippen LogP contribution in [0.15, 0.2) is 11.8 Å². The Labute approximate surface area is 87.5 Å². The number of rotatable bonds is 2. The molecular weight excluding hydrogens is 196 g/mol. The van der Waals surface area contributed by atoms with Gasteiger partial charge in [-0.25, -0.2) is 4.79 Å². The van der Waals surface area contributed by atoms with Crippen molar-refractivity contribution in [3.8, 4) is 0 Å². The Kier molecular flexibility index (Phi) is 1.57. The molecule has 0 amide bonds. The van der Waals surface area contributed by atoms with E-state index in [1.165, 1.54) is 0 Å². The highest BCUT2D eigenvalue weighted by atomic mass is 16.6. The topological polar surface area (TPSA) is 70.1 Å². The molecule has 3 aliphatic rings. The molecule has 2 N–H and O–H groups in total. The summed E-state index contributed by atoms with van der Waals surface area (Å²) in [5.74, 6) is -0.473. The molecule has 2 aliphatic carbocycles. The summed E-state index contributed by atoms with van der Waals surface area (Å²) in [5, 5.41) is 18.4. The molecule has 0 aromatic carbocycles. The molecule has 5 unspecified atom stereocenters. The molecule has 1 heterocycles. The van der Waals surface area contributed by atoms with Gasteiger partial charge in [0.05, 0.1) is 17.8 Å². The number of carbonyl (C=O) groups is 1. The van der Waals surface area contributed by atoms with E-state index in [1.54, 1.807) is 0 Å². The number of aliphatic carboxylic acids is 1. The Hall–Kier alpha value is -1.03. The van der Waals surface area contributed by atoms with E-state index in [0.717, 1.165) is 18.9 Å². The molecule has 4 nitrogen and oxygen atoms in total. The molecule has 15 heavy (non-hydrogen) atoms. The quantitative estimate of drug-likeness (QED) is 0.410. The number of aliphatic hydroxyl groups is 1. The number of aliphatic hydroxyl groups excluding tert-OH is 1. The second kappa shape index (κ2) is 2.55. The number of epoxide rings is 1. The highest BCUT2D eigenvalue weighted by Crippen LogP contribution is 2.70. The van der Waals surface area contributed by atoms with Crippen LogP contribution in [0.2, 0.25) is 0 Å². The molecule has 1 aliphatic heterocycles. The summed E-state index contributed by atoms with van der Waals surface area (Å²) < 4.78 is 5.65. The maximum absolute atomic E-state index is 10.5. The molecule has 1 saturated heterocycles. The van der Waals surface area contributed by atoms with Crippen LogP contribution in [0.25, 0.3) is 0 Å². The molecule has 5 atom stereocenters. The first-order valence-electron chi connectivity index (χ1n) is 5.37. The first-order chi connectivity index (χ1) is 7.06. The summed E-state index contributed by atoms with van der Waals surface area (Å²) >= 11 is 0. The molecule has 0 radical (unpaired) electrons. The van der Waals surface area contributed by atoms with Crippen LogP contribution in [0.4, 0.5) is 0 Å². The van der Waals surface area contributed by atoms with Gasteiger partial charge in [0.25, 0.3) is 0 Å². The van der Waals surface area contributed by atoms with Crippen LogP contribution in [0, 0.1) is 17.8 Å². The van der Waals surface area contributed by atoms with Gasteiger partial charge >= 0.3 is 5.97 Å². The average Bonchev–Trinajstić information content (AvgIpc) is 2.82. The molecule has 1 spiro atoms. The number of ether oxygens (including phenoxy) is 1. The number of hydrogen-bond acceptors (Lipinski definition) is 3. The Bertz CT molecular complexity index is 362. The van der Waals surface area contributed by atoms with Crippen molar-refractivity contribution in [2.75, 3.05) is 0 Å². The zero-order chi connectivity index (χ0) is 10.8. The predicted octanol–water partition coefficient (Wildman–Crippen LogP) is 1.33. The lowest BCUT2D eigenvalue weighted by Gasteiger charge is -2.36. The SMILES string of the molecule is CC1C(/C(O)=C/C(=O)O)C2CCC23OC13.